The summed E-state index contributed by atoms with van der Waals surface area (Å²) in [6.45, 7) is 9.40. The van der Waals surface area contributed by atoms with Crippen LogP contribution in [0.15, 0.2) is 0 Å². The van der Waals surface area contributed by atoms with Crippen molar-refractivity contribution >= 4 is 5.91 Å². The Hall–Kier alpha value is -0.610. The summed E-state index contributed by atoms with van der Waals surface area (Å²) < 4.78 is 0. The number of nitrogens with two attached hydrogens (primary N) is 1. The van der Waals surface area contributed by atoms with Crippen LogP contribution in [0.5, 0.6) is 0 Å². The quantitative estimate of drug-likeness (QED) is 0.728. The maximum absolute atomic E-state index is 11.2. The lowest BCUT2D eigenvalue weighted by molar-refractivity contribution is -0.123. The molecule has 17 heavy (non-hydrogen) atoms. The van der Waals surface area contributed by atoms with Gasteiger partial charge in [0, 0.05) is 12.6 Å². The van der Waals surface area contributed by atoms with Crippen LogP contribution in [0.4, 0.5) is 0 Å². The van der Waals surface area contributed by atoms with Crippen molar-refractivity contribution in [3.05, 3.63) is 0 Å². The minimum Gasteiger partial charge on any atom is -0.368 e. The Morgan fingerprint density at radius 1 is 1.53 bits per heavy atom. The van der Waals surface area contributed by atoms with Crippen molar-refractivity contribution in [1.82, 2.24) is 10.2 Å². The Balaban J connectivity index is 2.45. The second kappa shape index (κ2) is 6.97. The normalized spacial score (nSPS) is 25.5. The lowest BCUT2D eigenvalue weighted by Crippen LogP contribution is -2.51. The Kier molecular flexibility index (Phi) is 5.92. The summed E-state index contributed by atoms with van der Waals surface area (Å²) >= 11 is 0. The molecule has 0 aromatic carbocycles. The second-order valence-corrected chi connectivity index (χ2v) is 5.22. The molecule has 1 aliphatic heterocycles. The van der Waals surface area contributed by atoms with Crippen molar-refractivity contribution in [2.75, 3.05) is 19.6 Å². The topological polar surface area (TPSA) is 58.4 Å². The summed E-state index contributed by atoms with van der Waals surface area (Å²) in [5.41, 5.74) is 5.37. The molecule has 0 aromatic rings. The van der Waals surface area contributed by atoms with Crippen LogP contribution in [0.1, 0.15) is 40.0 Å². The molecule has 0 spiro atoms. The lowest BCUT2D eigenvalue weighted by Gasteiger charge is -2.38. The molecule has 1 heterocycles. The van der Waals surface area contributed by atoms with E-state index in [1.807, 2.05) is 6.92 Å². The average molecular weight is 241 g/mol. The van der Waals surface area contributed by atoms with Crippen LogP contribution in [-0.4, -0.2) is 42.5 Å². The predicted molar refractivity (Wildman–Crippen MR) is 70.7 cm³/mol. The van der Waals surface area contributed by atoms with Gasteiger partial charge in [0.25, 0.3) is 0 Å². The number of hydrogen-bond acceptors (Lipinski definition) is 3. The molecule has 1 fully saturated rings. The molecular formula is C13H27N3O. The fraction of sp³-hybridized carbons (Fsp3) is 0.923. The van der Waals surface area contributed by atoms with Crippen LogP contribution in [0.25, 0.3) is 0 Å². The Morgan fingerprint density at radius 3 is 2.82 bits per heavy atom. The Morgan fingerprint density at radius 2 is 2.24 bits per heavy atom. The van der Waals surface area contributed by atoms with Gasteiger partial charge in [-0.1, -0.05) is 6.92 Å². The van der Waals surface area contributed by atoms with Gasteiger partial charge in [-0.25, -0.2) is 0 Å². The molecule has 4 heteroatoms. The highest BCUT2D eigenvalue weighted by Crippen LogP contribution is 2.21. The number of carbonyl (C=O) groups excluding carboxylic acids is 1. The number of carbonyl (C=O) groups is 1. The lowest BCUT2D eigenvalue weighted by atomic mass is 9.90. The van der Waals surface area contributed by atoms with E-state index in [4.69, 9.17) is 5.73 Å². The fourth-order valence-corrected chi connectivity index (χ4v) is 2.52. The first-order valence-corrected chi connectivity index (χ1v) is 6.83. The van der Waals surface area contributed by atoms with E-state index in [1.54, 1.807) is 0 Å². The van der Waals surface area contributed by atoms with Crippen LogP contribution in [0, 0.1) is 5.92 Å². The third kappa shape index (κ3) is 4.28. The number of primary amides is 1. The number of nitrogens with one attached hydrogen (secondary N) is 1. The van der Waals surface area contributed by atoms with Crippen molar-refractivity contribution in [1.29, 1.82) is 0 Å². The molecule has 3 unspecified atom stereocenters. The van der Waals surface area contributed by atoms with Crippen molar-refractivity contribution in [3.8, 4) is 0 Å². The largest absolute Gasteiger partial charge is 0.368 e. The van der Waals surface area contributed by atoms with E-state index in [0.29, 0.717) is 12.0 Å². The summed E-state index contributed by atoms with van der Waals surface area (Å²) in [6, 6.07) is 0.397. The zero-order chi connectivity index (χ0) is 12.8. The van der Waals surface area contributed by atoms with Gasteiger partial charge in [-0.2, -0.15) is 0 Å². The molecule has 0 aromatic heterocycles. The van der Waals surface area contributed by atoms with Gasteiger partial charge in [-0.15, -0.1) is 0 Å². The summed E-state index contributed by atoms with van der Waals surface area (Å²) in [5.74, 6) is 0.428. The molecule has 1 saturated heterocycles. The van der Waals surface area contributed by atoms with E-state index in [0.717, 1.165) is 19.6 Å². The van der Waals surface area contributed by atoms with Gasteiger partial charge < -0.3 is 11.1 Å². The Bertz CT molecular complexity index is 245. The first kappa shape index (κ1) is 14.5. The number of rotatable bonds is 6. The first-order chi connectivity index (χ1) is 8.06. The van der Waals surface area contributed by atoms with E-state index in [9.17, 15) is 4.79 Å². The van der Waals surface area contributed by atoms with Crippen molar-refractivity contribution < 1.29 is 4.79 Å². The highest BCUT2D eigenvalue weighted by atomic mass is 16.1. The highest BCUT2D eigenvalue weighted by molar-refractivity contribution is 5.79. The number of piperidine rings is 1. The standard InChI is InChI=1S/C13H27N3O/c1-4-7-15-10(2)12-6-5-8-16(9-12)11(3)13(14)17/h10-12,15H,4-9H2,1-3H3,(H2,14,17). The minimum absolute atomic E-state index is 0.129. The summed E-state index contributed by atoms with van der Waals surface area (Å²) in [7, 11) is 0. The first-order valence-electron chi connectivity index (χ1n) is 6.83. The zero-order valence-corrected chi connectivity index (χ0v) is 11.4. The van der Waals surface area contributed by atoms with Crippen LogP contribution < -0.4 is 11.1 Å². The third-order valence-electron chi connectivity index (χ3n) is 3.87. The van der Waals surface area contributed by atoms with Crippen LogP contribution in [-0.2, 0) is 4.79 Å². The molecule has 4 nitrogen and oxygen atoms in total. The van der Waals surface area contributed by atoms with E-state index >= 15 is 0 Å². The highest BCUT2D eigenvalue weighted by Gasteiger charge is 2.28. The van der Waals surface area contributed by atoms with Gasteiger partial charge >= 0.3 is 0 Å². The van der Waals surface area contributed by atoms with Crippen LogP contribution in [0.3, 0.4) is 0 Å². The molecule has 0 radical (unpaired) electrons. The van der Waals surface area contributed by atoms with Crippen molar-refractivity contribution in [2.45, 2.75) is 52.1 Å². The van der Waals surface area contributed by atoms with Gasteiger partial charge in [0.2, 0.25) is 5.91 Å². The molecule has 1 rings (SSSR count). The number of likely N-dealkylation sites (tertiary alicyclic amines) is 1. The summed E-state index contributed by atoms with van der Waals surface area (Å²) in [6.07, 6.45) is 3.58. The molecule has 3 N–H and O–H groups in total. The maximum Gasteiger partial charge on any atom is 0.234 e. The molecule has 0 saturated carbocycles. The van der Waals surface area contributed by atoms with E-state index in [2.05, 4.69) is 24.1 Å². The summed E-state index contributed by atoms with van der Waals surface area (Å²) in [4.78, 5) is 13.4. The molecule has 100 valence electrons. The minimum atomic E-state index is -0.208. The summed E-state index contributed by atoms with van der Waals surface area (Å²) in [5, 5.41) is 3.55. The molecule has 1 amide bonds. The maximum atomic E-state index is 11.2. The van der Waals surface area contributed by atoms with Gasteiger partial charge in [-0.05, 0) is 52.1 Å². The van der Waals surface area contributed by atoms with Crippen LogP contribution >= 0.6 is 0 Å². The number of hydrogen-bond donors (Lipinski definition) is 2. The Labute approximate surface area is 105 Å². The molecular weight excluding hydrogens is 214 g/mol. The van der Waals surface area contributed by atoms with Crippen molar-refractivity contribution in [2.24, 2.45) is 11.7 Å². The molecule has 1 aliphatic rings. The van der Waals surface area contributed by atoms with Crippen molar-refractivity contribution in [3.63, 3.8) is 0 Å². The fourth-order valence-electron chi connectivity index (χ4n) is 2.52. The van der Waals surface area contributed by atoms with Gasteiger partial charge in [0.05, 0.1) is 6.04 Å². The van der Waals surface area contributed by atoms with Gasteiger partial charge in [0.15, 0.2) is 0 Å². The molecule has 0 aliphatic carbocycles. The SMILES string of the molecule is CCCNC(C)C1CCCN(C(C)C(N)=O)C1. The molecule has 3 atom stereocenters. The average Bonchev–Trinajstić information content (AvgIpc) is 2.35. The monoisotopic (exact) mass is 241 g/mol. The van der Waals surface area contributed by atoms with Gasteiger partial charge in [-0.3, -0.25) is 9.69 Å². The number of amides is 1. The van der Waals surface area contributed by atoms with E-state index < -0.39 is 0 Å². The van der Waals surface area contributed by atoms with Crippen LogP contribution in [0.2, 0.25) is 0 Å². The van der Waals surface area contributed by atoms with E-state index in [1.165, 1.54) is 19.3 Å². The number of nitrogens with zero attached hydrogens (tertiary/aromatic N) is 1. The van der Waals surface area contributed by atoms with Gasteiger partial charge in [0.1, 0.15) is 0 Å². The van der Waals surface area contributed by atoms with E-state index in [-0.39, 0.29) is 11.9 Å². The third-order valence-corrected chi connectivity index (χ3v) is 3.87. The smallest absolute Gasteiger partial charge is 0.234 e. The predicted octanol–water partition coefficient (Wildman–Crippen LogP) is 0.960. The zero-order valence-electron chi connectivity index (χ0n) is 11.4. The molecule has 0 bridgehead atoms. The second-order valence-electron chi connectivity index (χ2n) is 5.22.